The van der Waals surface area contributed by atoms with E-state index in [4.69, 9.17) is 33.2 Å². The smallest absolute Gasteiger partial charge is 0.0887 e. The average molecular weight is 527 g/mol. The minimum atomic E-state index is 0.398. The van der Waals surface area contributed by atoms with Crippen molar-refractivity contribution in [3.05, 3.63) is 0 Å². The molecule has 7 rings (SSSR count). The molecule has 0 spiro atoms. The maximum atomic E-state index is 5.58. The lowest BCUT2D eigenvalue weighted by atomic mass is 9.99. The highest BCUT2D eigenvalue weighted by molar-refractivity contribution is 4.92. The van der Waals surface area contributed by atoms with E-state index in [1.165, 1.54) is 0 Å². The molecule has 7 aliphatic rings. The minimum absolute atomic E-state index is 0.398. The van der Waals surface area contributed by atoms with E-state index in [0.29, 0.717) is 72.1 Å². The molecule has 0 saturated carbocycles. The second kappa shape index (κ2) is 13.4. The average Bonchev–Trinajstić information content (AvgIpc) is 3.71. The van der Waals surface area contributed by atoms with Gasteiger partial charge in [0.1, 0.15) is 0 Å². The molecule has 37 heavy (non-hydrogen) atoms. The van der Waals surface area contributed by atoms with Crippen molar-refractivity contribution in [3.8, 4) is 0 Å². The first kappa shape index (κ1) is 29.7. The fourth-order valence-electron chi connectivity index (χ4n) is 6.41. The summed E-state index contributed by atoms with van der Waals surface area (Å²) in [6.45, 7) is 24.9. The summed E-state index contributed by atoms with van der Waals surface area (Å²) in [6, 6.07) is 0. The van der Waals surface area contributed by atoms with E-state index in [-0.39, 0.29) is 0 Å². The van der Waals surface area contributed by atoms with Crippen LogP contribution < -0.4 is 0 Å². The highest BCUT2D eigenvalue weighted by atomic mass is 16.6. The topological polar surface area (TPSA) is 64.6 Å². The van der Waals surface area contributed by atoms with E-state index >= 15 is 0 Å². The number of hydrogen-bond acceptors (Lipinski definition) is 7. The van der Waals surface area contributed by atoms with Crippen molar-refractivity contribution in [2.45, 2.75) is 92.0 Å². The Morgan fingerprint density at radius 2 is 0.459 bits per heavy atom. The molecule has 216 valence electrons. The zero-order valence-corrected chi connectivity index (χ0v) is 24.6. The predicted octanol–water partition coefficient (Wildman–Crippen LogP) is 4.46. The van der Waals surface area contributed by atoms with Crippen LogP contribution in [0.4, 0.5) is 0 Å². The van der Waals surface area contributed by atoms with Crippen LogP contribution in [0, 0.1) is 47.3 Å². The van der Waals surface area contributed by atoms with Crippen LogP contribution in [0.1, 0.15) is 55.4 Å². The summed E-state index contributed by atoms with van der Waals surface area (Å²) in [6.07, 6.45) is 2.39. The summed E-state index contributed by atoms with van der Waals surface area (Å²) in [5.41, 5.74) is 0. The van der Waals surface area contributed by atoms with Crippen LogP contribution in [0.25, 0.3) is 0 Å². The fourth-order valence-corrected chi connectivity index (χ4v) is 6.41. The van der Waals surface area contributed by atoms with E-state index in [2.05, 4.69) is 55.4 Å². The standard InChI is InChI=1S/3C8H14O2.C6H12O/c3*1-5-3-9-8-6(2)4-10-7(5)8;1-5-3-7-4-6(5)2/h3*5-8H,3-4H2,1-2H3;5-6H,3-4H2,1-2H3/t5-,6+,7?,8?;2*5-,6-,7?,8?;5-,6-/m.101/s1. The van der Waals surface area contributed by atoms with Crippen molar-refractivity contribution < 1.29 is 33.2 Å². The van der Waals surface area contributed by atoms with Gasteiger partial charge < -0.3 is 33.2 Å². The van der Waals surface area contributed by atoms with Crippen molar-refractivity contribution in [1.82, 2.24) is 0 Å². The van der Waals surface area contributed by atoms with Crippen LogP contribution in [-0.2, 0) is 33.2 Å². The van der Waals surface area contributed by atoms with Gasteiger partial charge in [0, 0.05) is 48.7 Å². The zero-order valence-electron chi connectivity index (χ0n) is 24.6. The van der Waals surface area contributed by atoms with E-state index in [9.17, 15) is 0 Å². The van der Waals surface area contributed by atoms with Crippen molar-refractivity contribution in [2.75, 3.05) is 52.9 Å². The molecule has 0 radical (unpaired) electrons. The summed E-state index contributed by atoms with van der Waals surface area (Å²) in [5.74, 6) is 5.22. The van der Waals surface area contributed by atoms with Gasteiger partial charge in [-0.2, -0.15) is 0 Å². The number of rotatable bonds is 0. The normalized spacial score (nSPS) is 51.2. The largest absolute Gasteiger partial charge is 0.381 e. The molecule has 6 unspecified atom stereocenters. The summed E-state index contributed by atoms with van der Waals surface area (Å²) in [7, 11) is 0. The summed E-state index contributed by atoms with van der Waals surface area (Å²) in [4.78, 5) is 0. The Morgan fingerprint density at radius 3 is 0.595 bits per heavy atom. The molecule has 0 bridgehead atoms. The van der Waals surface area contributed by atoms with Gasteiger partial charge in [0.15, 0.2) is 0 Å². The molecule has 7 aliphatic heterocycles. The fraction of sp³-hybridized carbons (Fsp3) is 1.00. The summed E-state index contributed by atoms with van der Waals surface area (Å²) in [5, 5.41) is 0. The molecule has 0 aromatic carbocycles. The van der Waals surface area contributed by atoms with E-state index in [1.807, 2.05) is 0 Å². The highest BCUT2D eigenvalue weighted by Gasteiger charge is 2.45. The third kappa shape index (κ3) is 7.08. The highest BCUT2D eigenvalue weighted by Crippen LogP contribution is 2.35. The Balaban J connectivity index is 0.000000116. The molecule has 14 atom stereocenters. The molecule has 0 aliphatic carbocycles. The first-order valence-corrected chi connectivity index (χ1v) is 14.9. The van der Waals surface area contributed by atoms with Gasteiger partial charge in [-0.15, -0.1) is 0 Å². The van der Waals surface area contributed by atoms with Crippen molar-refractivity contribution in [2.24, 2.45) is 47.3 Å². The third-order valence-electron chi connectivity index (χ3n) is 9.38. The van der Waals surface area contributed by atoms with Gasteiger partial charge in [0.2, 0.25) is 0 Å². The number of hydrogen-bond donors (Lipinski definition) is 0. The van der Waals surface area contributed by atoms with Gasteiger partial charge in [-0.1, -0.05) is 55.4 Å². The lowest BCUT2D eigenvalue weighted by Gasteiger charge is -2.10. The van der Waals surface area contributed by atoms with E-state index in [1.54, 1.807) is 0 Å². The lowest BCUT2D eigenvalue weighted by molar-refractivity contribution is 0.0627. The predicted molar refractivity (Wildman–Crippen MR) is 143 cm³/mol. The van der Waals surface area contributed by atoms with Gasteiger partial charge in [0.05, 0.1) is 76.3 Å². The second-order valence-electron chi connectivity index (χ2n) is 13.1. The van der Waals surface area contributed by atoms with Crippen LogP contribution in [0.3, 0.4) is 0 Å². The first-order chi connectivity index (χ1) is 17.7. The molecule has 0 N–H and O–H groups in total. The van der Waals surface area contributed by atoms with Gasteiger partial charge in [-0.05, 0) is 11.8 Å². The summed E-state index contributed by atoms with van der Waals surface area (Å²) < 4.78 is 38.6. The molecule has 7 nitrogen and oxygen atoms in total. The van der Waals surface area contributed by atoms with Crippen molar-refractivity contribution in [1.29, 1.82) is 0 Å². The molecule has 0 amide bonds. The SMILES string of the molecule is C[C@@H]1COC2C1OC[C@@H]2C.C[C@@H]1COC2C1OC[C@H]2C.C[C@@H]1COC[C@H]1C.C[C@H]1COC2C1OC[C@@H]2C. The van der Waals surface area contributed by atoms with Gasteiger partial charge in [-0.25, -0.2) is 0 Å². The molecular weight excluding hydrogens is 472 g/mol. The van der Waals surface area contributed by atoms with Gasteiger partial charge in [-0.3, -0.25) is 0 Å². The Hall–Kier alpha value is -0.280. The molecule has 7 heterocycles. The molecule has 7 heteroatoms. The summed E-state index contributed by atoms with van der Waals surface area (Å²) >= 11 is 0. The van der Waals surface area contributed by atoms with Crippen LogP contribution in [0.5, 0.6) is 0 Å². The molecule has 0 aromatic rings. The first-order valence-electron chi connectivity index (χ1n) is 14.9. The Bertz CT molecular complexity index is 559. The third-order valence-corrected chi connectivity index (χ3v) is 9.38. The van der Waals surface area contributed by atoms with E-state index < -0.39 is 0 Å². The quantitative estimate of drug-likeness (QED) is 0.462. The molecular formula is C30H54O7. The Morgan fingerprint density at radius 1 is 0.270 bits per heavy atom. The number of ether oxygens (including phenoxy) is 7. The van der Waals surface area contributed by atoms with Crippen LogP contribution in [-0.4, -0.2) is 89.5 Å². The monoisotopic (exact) mass is 526 g/mol. The lowest BCUT2D eigenvalue weighted by Crippen LogP contribution is -2.23. The maximum absolute atomic E-state index is 5.58. The minimum Gasteiger partial charge on any atom is -0.381 e. The zero-order chi connectivity index (χ0) is 26.7. The molecule has 7 fully saturated rings. The Labute approximate surface area is 225 Å². The molecule has 0 aromatic heterocycles. The number of fused-ring (bicyclic) bond motifs is 3. The molecule has 7 saturated heterocycles. The Kier molecular flexibility index (Phi) is 10.7. The maximum Gasteiger partial charge on any atom is 0.0887 e. The van der Waals surface area contributed by atoms with E-state index in [0.717, 1.165) is 64.7 Å². The van der Waals surface area contributed by atoms with Crippen molar-refractivity contribution in [3.63, 3.8) is 0 Å². The van der Waals surface area contributed by atoms with Gasteiger partial charge >= 0.3 is 0 Å². The van der Waals surface area contributed by atoms with Crippen LogP contribution >= 0.6 is 0 Å². The van der Waals surface area contributed by atoms with Crippen LogP contribution in [0.15, 0.2) is 0 Å². The van der Waals surface area contributed by atoms with Crippen molar-refractivity contribution >= 4 is 0 Å². The second-order valence-corrected chi connectivity index (χ2v) is 13.1. The van der Waals surface area contributed by atoms with Gasteiger partial charge in [0.25, 0.3) is 0 Å². The van der Waals surface area contributed by atoms with Crippen LogP contribution in [0.2, 0.25) is 0 Å².